The molecule has 0 radical (unpaired) electrons. The highest BCUT2D eigenvalue weighted by Crippen LogP contribution is 2.34. The van der Waals surface area contributed by atoms with Crippen molar-refractivity contribution >= 4 is 0 Å². The second-order valence-electron chi connectivity index (χ2n) is 5.32. The van der Waals surface area contributed by atoms with E-state index < -0.39 is 0 Å². The third-order valence-electron chi connectivity index (χ3n) is 3.82. The lowest BCUT2D eigenvalue weighted by atomic mass is 9.82. The van der Waals surface area contributed by atoms with Gasteiger partial charge < -0.3 is 10.4 Å². The largest absolute Gasteiger partial charge is 0.391 e. The van der Waals surface area contributed by atoms with Gasteiger partial charge in [0.15, 0.2) is 0 Å². The summed E-state index contributed by atoms with van der Waals surface area (Å²) in [5.74, 6) is 0. The highest BCUT2D eigenvalue weighted by molar-refractivity contribution is 5.11. The van der Waals surface area contributed by atoms with Gasteiger partial charge in [0.25, 0.3) is 0 Å². The number of hydrogen-bond donors (Lipinski definition) is 3. The number of nitrogens with zero attached hydrogens (tertiary/aromatic N) is 3. The van der Waals surface area contributed by atoms with E-state index in [-0.39, 0.29) is 24.2 Å². The second kappa shape index (κ2) is 4.79. The van der Waals surface area contributed by atoms with Gasteiger partial charge in [-0.05, 0) is 25.8 Å². The lowest BCUT2D eigenvalue weighted by molar-refractivity contribution is -0.0111. The van der Waals surface area contributed by atoms with Crippen LogP contribution in [-0.4, -0.2) is 37.2 Å². The summed E-state index contributed by atoms with van der Waals surface area (Å²) < 4.78 is 1.86. The van der Waals surface area contributed by atoms with Crippen molar-refractivity contribution in [1.29, 1.82) is 0 Å². The van der Waals surface area contributed by atoms with Crippen LogP contribution in [0.3, 0.4) is 0 Å². The number of aliphatic hydroxyl groups excluding tert-OH is 1. The summed E-state index contributed by atoms with van der Waals surface area (Å²) in [4.78, 5) is 0. The molecule has 6 nitrogen and oxygen atoms in total. The Morgan fingerprint density at radius 1 is 1.53 bits per heavy atom. The molecule has 3 N–H and O–H groups in total. The molecule has 102 valence electrons. The molecule has 0 aliphatic heterocycles. The monoisotopic (exact) mass is 261 g/mol. The molecule has 19 heavy (non-hydrogen) atoms. The van der Waals surface area contributed by atoms with Crippen LogP contribution < -0.4 is 5.32 Å². The zero-order chi connectivity index (χ0) is 13.4. The van der Waals surface area contributed by atoms with E-state index in [1.807, 2.05) is 36.4 Å². The molecule has 3 rings (SSSR count). The van der Waals surface area contributed by atoms with E-state index in [2.05, 4.69) is 27.5 Å². The van der Waals surface area contributed by atoms with Crippen LogP contribution in [0.15, 0.2) is 24.8 Å². The average molecular weight is 261 g/mol. The van der Waals surface area contributed by atoms with Crippen molar-refractivity contribution in [3.05, 3.63) is 35.9 Å². The highest BCUT2D eigenvalue weighted by atomic mass is 16.3. The smallest absolute Gasteiger partial charge is 0.0932 e. The van der Waals surface area contributed by atoms with Crippen molar-refractivity contribution in [1.82, 2.24) is 25.3 Å². The molecule has 0 bridgehead atoms. The Kier molecular flexibility index (Phi) is 3.12. The SMILES string of the molecule is Cc1cnn([C@H]2[C@H](O)C[C@@H]2NC(C)c2cn[nH]c2)c1. The Bertz CT molecular complexity index is 535. The quantitative estimate of drug-likeness (QED) is 0.765. The van der Waals surface area contributed by atoms with Crippen molar-refractivity contribution in [2.75, 3.05) is 0 Å². The van der Waals surface area contributed by atoms with Crippen molar-refractivity contribution in [2.45, 2.75) is 44.5 Å². The fourth-order valence-electron chi connectivity index (χ4n) is 2.65. The fourth-order valence-corrected chi connectivity index (χ4v) is 2.65. The van der Waals surface area contributed by atoms with Crippen LogP contribution in [0, 0.1) is 6.92 Å². The number of aryl methyl sites for hydroxylation is 1. The number of hydrogen-bond acceptors (Lipinski definition) is 4. The topological polar surface area (TPSA) is 78.8 Å². The first-order valence-electron chi connectivity index (χ1n) is 6.58. The van der Waals surface area contributed by atoms with Crippen LogP contribution in [0.5, 0.6) is 0 Å². The fraction of sp³-hybridized carbons (Fsp3) is 0.538. The number of aromatic amines is 1. The standard InChI is InChI=1S/C13H19N5O/c1-8-4-16-18(7-8)13-11(3-12(13)19)17-9(2)10-5-14-15-6-10/h4-7,9,11-13,17,19H,3H2,1-2H3,(H,14,15)/t9?,11-,12+,13+/m0/s1. The van der Waals surface area contributed by atoms with E-state index in [9.17, 15) is 5.11 Å². The lowest BCUT2D eigenvalue weighted by Crippen LogP contribution is -2.55. The molecule has 2 heterocycles. The molecule has 0 aromatic carbocycles. The van der Waals surface area contributed by atoms with Gasteiger partial charge in [-0.3, -0.25) is 9.78 Å². The molecule has 6 heteroatoms. The number of nitrogens with one attached hydrogen (secondary N) is 2. The number of H-pyrrole nitrogens is 1. The van der Waals surface area contributed by atoms with E-state index >= 15 is 0 Å². The van der Waals surface area contributed by atoms with Crippen LogP contribution >= 0.6 is 0 Å². The summed E-state index contributed by atoms with van der Waals surface area (Å²) in [5, 5.41) is 24.6. The zero-order valence-corrected chi connectivity index (χ0v) is 11.1. The second-order valence-corrected chi connectivity index (χ2v) is 5.32. The van der Waals surface area contributed by atoms with Crippen molar-refractivity contribution in [3.63, 3.8) is 0 Å². The summed E-state index contributed by atoms with van der Waals surface area (Å²) in [7, 11) is 0. The van der Waals surface area contributed by atoms with Crippen molar-refractivity contribution in [3.8, 4) is 0 Å². The first-order valence-corrected chi connectivity index (χ1v) is 6.58. The lowest BCUT2D eigenvalue weighted by Gasteiger charge is -2.43. The molecule has 0 spiro atoms. The maximum absolute atomic E-state index is 9.96. The predicted octanol–water partition coefficient (Wildman–Crippen LogP) is 0.940. The third-order valence-corrected chi connectivity index (χ3v) is 3.82. The van der Waals surface area contributed by atoms with E-state index in [1.54, 1.807) is 0 Å². The van der Waals surface area contributed by atoms with Crippen LogP contribution in [0.25, 0.3) is 0 Å². The Hall–Kier alpha value is -1.66. The summed E-state index contributed by atoms with van der Waals surface area (Å²) >= 11 is 0. The first-order chi connectivity index (χ1) is 9.15. The summed E-state index contributed by atoms with van der Waals surface area (Å²) in [6, 6.07) is 0.456. The van der Waals surface area contributed by atoms with Crippen LogP contribution in [0.2, 0.25) is 0 Å². The highest BCUT2D eigenvalue weighted by Gasteiger charge is 2.42. The van der Waals surface area contributed by atoms with Gasteiger partial charge in [0.1, 0.15) is 0 Å². The van der Waals surface area contributed by atoms with Gasteiger partial charge in [0.05, 0.1) is 24.5 Å². The van der Waals surface area contributed by atoms with Crippen LogP contribution in [-0.2, 0) is 0 Å². The Morgan fingerprint density at radius 3 is 2.95 bits per heavy atom. The van der Waals surface area contributed by atoms with Gasteiger partial charge in [-0.2, -0.15) is 10.2 Å². The van der Waals surface area contributed by atoms with Crippen LogP contribution in [0.1, 0.15) is 36.6 Å². The van der Waals surface area contributed by atoms with E-state index in [0.29, 0.717) is 0 Å². The minimum absolute atomic E-state index is 0.0167. The van der Waals surface area contributed by atoms with Gasteiger partial charge in [-0.25, -0.2) is 0 Å². The van der Waals surface area contributed by atoms with Gasteiger partial charge >= 0.3 is 0 Å². The normalized spacial score (nSPS) is 28.1. The molecule has 1 aliphatic carbocycles. The first kappa shape index (κ1) is 12.4. The molecule has 1 aliphatic rings. The van der Waals surface area contributed by atoms with Crippen molar-refractivity contribution in [2.24, 2.45) is 0 Å². The van der Waals surface area contributed by atoms with Gasteiger partial charge in [0, 0.05) is 30.0 Å². The number of rotatable bonds is 4. The molecule has 0 saturated heterocycles. The summed E-state index contributed by atoms with van der Waals surface area (Å²) in [6.45, 7) is 4.10. The summed E-state index contributed by atoms with van der Waals surface area (Å²) in [5.41, 5.74) is 2.23. The zero-order valence-electron chi connectivity index (χ0n) is 11.1. The van der Waals surface area contributed by atoms with Crippen LogP contribution in [0.4, 0.5) is 0 Å². The molecule has 0 amide bonds. The molecule has 2 aromatic heterocycles. The molecular formula is C13H19N5O. The van der Waals surface area contributed by atoms with E-state index in [4.69, 9.17) is 0 Å². The number of aliphatic hydroxyl groups is 1. The maximum Gasteiger partial charge on any atom is 0.0932 e. The average Bonchev–Trinajstić information content (AvgIpc) is 3.00. The molecular weight excluding hydrogens is 242 g/mol. The van der Waals surface area contributed by atoms with E-state index in [1.165, 1.54) is 0 Å². The van der Waals surface area contributed by atoms with E-state index in [0.717, 1.165) is 17.5 Å². The van der Waals surface area contributed by atoms with Crippen molar-refractivity contribution < 1.29 is 5.11 Å². The Morgan fingerprint density at radius 2 is 2.37 bits per heavy atom. The maximum atomic E-state index is 9.96. The third kappa shape index (κ3) is 2.29. The molecule has 4 atom stereocenters. The van der Waals surface area contributed by atoms with Gasteiger partial charge in [0.2, 0.25) is 0 Å². The Labute approximate surface area is 111 Å². The molecule has 1 saturated carbocycles. The molecule has 2 aromatic rings. The van der Waals surface area contributed by atoms with Gasteiger partial charge in [-0.1, -0.05) is 0 Å². The molecule has 1 fully saturated rings. The molecule has 1 unspecified atom stereocenters. The minimum Gasteiger partial charge on any atom is -0.391 e. The Balaban J connectivity index is 1.68. The summed E-state index contributed by atoms with van der Waals surface area (Å²) in [6.07, 6.45) is 7.94. The van der Waals surface area contributed by atoms with Gasteiger partial charge in [-0.15, -0.1) is 0 Å². The minimum atomic E-state index is -0.326. The predicted molar refractivity (Wildman–Crippen MR) is 70.6 cm³/mol. The number of aromatic nitrogens is 4.